The first-order chi connectivity index (χ1) is 9.47. The van der Waals surface area contributed by atoms with Crippen LogP contribution in [0, 0.1) is 11.8 Å². The fourth-order valence-corrected chi connectivity index (χ4v) is 4.84. The van der Waals surface area contributed by atoms with Gasteiger partial charge >= 0.3 is 0 Å². The first kappa shape index (κ1) is 16.0. The van der Waals surface area contributed by atoms with Gasteiger partial charge in [-0.1, -0.05) is 34.6 Å². The van der Waals surface area contributed by atoms with Gasteiger partial charge in [-0.15, -0.1) is 11.3 Å². The number of hydrogen-bond donors (Lipinski definition) is 1. The van der Waals surface area contributed by atoms with Gasteiger partial charge in [0.2, 0.25) is 0 Å². The van der Waals surface area contributed by atoms with E-state index in [0.29, 0.717) is 5.92 Å². The van der Waals surface area contributed by atoms with Gasteiger partial charge in [-0.05, 0) is 50.0 Å². The summed E-state index contributed by atoms with van der Waals surface area (Å²) < 4.78 is 0. The van der Waals surface area contributed by atoms with Crippen molar-refractivity contribution in [1.29, 1.82) is 0 Å². The summed E-state index contributed by atoms with van der Waals surface area (Å²) in [5, 5.41) is 7.45. The van der Waals surface area contributed by atoms with Crippen LogP contribution in [0.2, 0.25) is 0 Å². The molecule has 0 radical (unpaired) electrons. The average molecular weight is 295 g/mol. The molecule has 1 heterocycles. The number of aromatic nitrogens is 1. The number of hydrogen-bond acceptors (Lipinski definition) is 3. The third-order valence-corrected chi connectivity index (χ3v) is 5.50. The average Bonchev–Trinajstić information content (AvgIpc) is 2.85. The van der Waals surface area contributed by atoms with Crippen LogP contribution in [-0.4, -0.2) is 11.5 Å². The summed E-state index contributed by atoms with van der Waals surface area (Å²) in [4.78, 5) is 4.98. The molecule has 0 saturated heterocycles. The number of nitrogens with zero attached hydrogens (tertiary/aromatic N) is 1. The molecule has 0 bridgehead atoms. The van der Waals surface area contributed by atoms with Gasteiger partial charge in [-0.3, -0.25) is 0 Å². The lowest BCUT2D eigenvalue weighted by molar-refractivity contribution is 0.143. The number of rotatable bonds is 5. The summed E-state index contributed by atoms with van der Waals surface area (Å²) >= 11 is 1.86. The highest BCUT2D eigenvalue weighted by Gasteiger charge is 2.41. The Labute approximate surface area is 128 Å². The molecule has 2 rings (SSSR count). The summed E-state index contributed by atoms with van der Waals surface area (Å²) in [5.74, 6) is 2.10. The van der Waals surface area contributed by atoms with E-state index in [2.05, 4.69) is 45.3 Å². The number of nitrogens with one attached hydrogen (secondary N) is 1. The van der Waals surface area contributed by atoms with Crippen LogP contribution >= 0.6 is 11.3 Å². The summed E-state index contributed by atoms with van der Waals surface area (Å²) in [7, 11) is 0. The van der Waals surface area contributed by atoms with E-state index in [1.165, 1.54) is 36.4 Å². The maximum Gasteiger partial charge on any atom is 0.113 e. The Hall–Kier alpha value is -0.410. The smallest absolute Gasteiger partial charge is 0.113 e. The Morgan fingerprint density at radius 3 is 2.50 bits per heavy atom. The molecule has 1 aliphatic rings. The zero-order valence-electron chi connectivity index (χ0n) is 13.7. The zero-order valence-corrected chi connectivity index (χ0v) is 14.5. The van der Waals surface area contributed by atoms with E-state index in [1.807, 2.05) is 11.3 Å². The van der Waals surface area contributed by atoms with E-state index >= 15 is 0 Å². The van der Waals surface area contributed by atoms with Gasteiger partial charge in [0.25, 0.3) is 0 Å². The standard InChI is InChI=1S/C17H30N2S/c1-6-7-18-17(9-13(4)8-14(5)10-17)16-19-15(11-20-16)12(2)3/h11-14,18H,6-10H2,1-5H3. The maximum atomic E-state index is 4.98. The molecular weight excluding hydrogens is 264 g/mol. The van der Waals surface area contributed by atoms with Gasteiger partial charge in [0, 0.05) is 5.38 Å². The fourth-order valence-electron chi connectivity index (χ4n) is 3.66. The van der Waals surface area contributed by atoms with Gasteiger partial charge < -0.3 is 5.32 Å². The molecule has 1 aromatic rings. The molecule has 0 aliphatic heterocycles. The molecule has 2 atom stereocenters. The molecule has 1 aromatic heterocycles. The molecule has 0 spiro atoms. The van der Waals surface area contributed by atoms with Crippen LogP contribution in [0.5, 0.6) is 0 Å². The highest BCUT2D eigenvalue weighted by Crippen LogP contribution is 2.44. The second-order valence-electron chi connectivity index (χ2n) is 7.10. The minimum atomic E-state index is 0.130. The highest BCUT2D eigenvalue weighted by molar-refractivity contribution is 7.09. The van der Waals surface area contributed by atoms with Crippen LogP contribution in [-0.2, 0) is 5.54 Å². The third kappa shape index (κ3) is 3.43. The molecule has 2 unspecified atom stereocenters. The molecule has 0 aromatic carbocycles. The Kier molecular flexibility index (Phi) is 5.25. The van der Waals surface area contributed by atoms with E-state index < -0.39 is 0 Å². The van der Waals surface area contributed by atoms with E-state index in [9.17, 15) is 0 Å². The van der Waals surface area contributed by atoms with Gasteiger partial charge in [0.15, 0.2) is 0 Å². The van der Waals surface area contributed by atoms with E-state index in [1.54, 1.807) is 0 Å². The Morgan fingerprint density at radius 1 is 1.35 bits per heavy atom. The lowest BCUT2D eigenvalue weighted by Gasteiger charge is -2.42. The molecule has 1 saturated carbocycles. The lowest BCUT2D eigenvalue weighted by Crippen LogP contribution is -2.48. The van der Waals surface area contributed by atoms with E-state index in [-0.39, 0.29) is 5.54 Å². The van der Waals surface area contributed by atoms with Crippen LogP contribution in [0.3, 0.4) is 0 Å². The second kappa shape index (κ2) is 6.57. The monoisotopic (exact) mass is 294 g/mol. The zero-order chi connectivity index (χ0) is 14.8. The van der Waals surface area contributed by atoms with Crippen molar-refractivity contribution >= 4 is 11.3 Å². The maximum absolute atomic E-state index is 4.98. The molecule has 114 valence electrons. The van der Waals surface area contributed by atoms with Crippen molar-refractivity contribution < 1.29 is 0 Å². The molecular formula is C17H30N2S. The Morgan fingerprint density at radius 2 is 2.00 bits per heavy atom. The van der Waals surface area contributed by atoms with Crippen LogP contribution in [0.25, 0.3) is 0 Å². The van der Waals surface area contributed by atoms with Crippen molar-refractivity contribution in [3.05, 3.63) is 16.1 Å². The van der Waals surface area contributed by atoms with Crippen molar-refractivity contribution in [3.63, 3.8) is 0 Å². The predicted octanol–water partition coefficient (Wildman–Crippen LogP) is 4.92. The topological polar surface area (TPSA) is 24.9 Å². The van der Waals surface area contributed by atoms with E-state index in [0.717, 1.165) is 18.4 Å². The van der Waals surface area contributed by atoms with Gasteiger partial charge in [-0.2, -0.15) is 0 Å². The fraction of sp³-hybridized carbons (Fsp3) is 0.824. The van der Waals surface area contributed by atoms with Crippen molar-refractivity contribution in [1.82, 2.24) is 10.3 Å². The molecule has 2 nitrogen and oxygen atoms in total. The van der Waals surface area contributed by atoms with Crippen molar-refractivity contribution in [2.75, 3.05) is 6.54 Å². The lowest BCUT2D eigenvalue weighted by atomic mass is 9.72. The van der Waals surface area contributed by atoms with Crippen molar-refractivity contribution in [2.45, 2.75) is 71.8 Å². The predicted molar refractivity (Wildman–Crippen MR) is 88.4 cm³/mol. The summed E-state index contributed by atoms with van der Waals surface area (Å²) in [6.07, 6.45) is 5.02. The quantitative estimate of drug-likeness (QED) is 0.834. The largest absolute Gasteiger partial charge is 0.305 e. The van der Waals surface area contributed by atoms with Gasteiger partial charge in [-0.25, -0.2) is 4.98 Å². The Bertz CT molecular complexity index is 414. The second-order valence-corrected chi connectivity index (χ2v) is 7.95. The molecule has 1 aliphatic carbocycles. The van der Waals surface area contributed by atoms with Crippen LogP contribution in [0.1, 0.15) is 76.9 Å². The van der Waals surface area contributed by atoms with E-state index in [4.69, 9.17) is 4.98 Å². The normalized spacial score (nSPS) is 30.9. The Balaban J connectivity index is 2.29. The summed E-state index contributed by atoms with van der Waals surface area (Å²) in [5.41, 5.74) is 1.39. The number of thiazole rings is 1. The SMILES string of the molecule is CCCNC1(c2nc(C(C)C)cs2)CC(C)CC(C)C1. The minimum absolute atomic E-state index is 0.130. The summed E-state index contributed by atoms with van der Waals surface area (Å²) in [6, 6.07) is 0. The minimum Gasteiger partial charge on any atom is -0.305 e. The van der Waals surface area contributed by atoms with Gasteiger partial charge in [0.05, 0.1) is 11.2 Å². The molecule has 20 heavy (non-hydrogen) atoms. The third-order valence-electron chi connectivity index (χ3n) is 4.43. The highest BCUT2D eigenvalue weighted by atomic mass is 32.1. The first-order valence-electron chi connectivity index (χ1n) is 8.17. The molecule has 1 N–H and O–H groups in total. The van der Waals surface area contributed by atoms with Crippen LogP contribution < -0.4 is 5.32 Å². The van der Waals surface area contributed by atoms with Crippen molar-refractivity contribution in [2.24, 2.45) is 11.8 Å². The van der Waals surface area contributed by atoms with Crippen molar-refractivity contribution in [3.8, 4) is 0 Å². The molecule has 3 heteroatoms. The first-order valence-corrected chi connectivity index (χ1v) is 9.05. The van der Waals surface area contributed by atoms with Crippen LogP contribution in [0.4, 0.5) is 0 Å². The van der Waals surface area contributed by atoms with Crippen LogP contribution in [0.15, 0.2) is 5.38 Å². The molecule has 0 amide bonds. The molecule has 1 fully saturated rings. The van der Waals surface area contributed by atoms with Gasteiger partial charge in [0.1, 0.15) is 5.01 Å². The summed E-state index contributed by atoms with van der Waals surface area (Å²) in [6.45, 7) is 12.6.